The van der Waals surface area contributed by atoms with Gasteiger partial charge in [0.2, 0.25) is 0 Å². The molecule has 0 heterocycles. The van der Waals surface area contributed by atoms with Gasteiger partial charge in [0.15, 0.2) is 0 Å². The molecule has 0 aliphatic carbocycles. The van der Waals surface area contributed by atoms with Crippen molar-refractivity contribution in [1.82, 2.24) is 5.32 Å². The van der Waals surface area contributed by atoms with E-state index in [1.54, 1.807) is 6.20 Å². The molecular weight excluding hydrogens is 248 g/mol. The third-order valence-electron chi connectivity index (χ3n) is 3.57. The van der Waals surface area contributed by atoms with Crippen LogP contribution in [-0.2, 0) is 0 Å². The van der Waals surface area contributed by atoms with Crippen LogP contribution < -0.4 is 11.1 Å². The van der Waals surface area contributed by atoms with Gasteiger partial charge in [0, 0.05) is 6.20 Å². The summed E-state index contributed by atoms with van der Waals surface area (Å²) in [6.07, 6.45) is 21.1. The number of hydrogen-bond donors (Lipinski definition) is 2. The number of carbonyl (C=O) groups is 1. The van der Waals surface area contributed by atoms with E-state index >= 15 is 0 Å². The van der Waals surface area contributed by atoms with Crippen LogP contribution in [0, 0.1) is 0 Å². The number of rotatable bonds is 14. The highest BCUT2D eigenvalue weighted by molar-refractivity contribution is 5.72. The molecule has 0 saturated carbocycles. The normalized spacial score (nSPS) is 11.1. The molecule has 0 unspecified atom stereocenters. The molecule has 0 aromatic carbocycles. The largest absolute Gasteiger partial charge is 0.351 e. The second kappa shape index (κ2) is 16.1. The molecule has 20 heavy (non-hydrogen) atoms. The maximum absolute atomic E-state index is 10.4. The van der Waals surface area contributed by atoms with Crippen molar-refractivity contribution in [2.75, 3.05) is 0 Å². The molecule has 0 rings (SSSR count). The van der Waals surface area contributed by atoms with E-state index in [0.717, 1.165) is 6.42 Å². The lowest BCUT2D eigenvalue weighted by Crippen LogP contribution is -2.23. The van der Waals surface area contributed by atoms with E-state index in [2.05, 4.69) is 12.2 Å². The standard InChI is InChI=1S/C17H34N2O/c1-2-3-4-5-6-7-8-9-10-11-12-13-14-15-16-19-17(18)20/h15-16H,2-14H2,1H3,(H3,18,19,20). The van der Waals surface area contributed by atoms with Crippen molar-refractivity contribution in [3.63, 3.8) is 0 Å². The lowest BCUT2D eigenvalue weighted by molar-refractivity contribution is 0.252. The van der Waals surface area contributed by atoms with Crippen LogP contribution in [0.1, 0.15) is 90.4 Å². The summed E-state index contributed by atoms with van der Waals surface area (Å²) < 4.78 is 0. The van der Waals surface area contributed by atoms with E-state index in [1.165, 1.54) is 77.0 Å². The van der Waals surface area contributed by atoms with Gasteiger partial charge in [-0.05, 0) is 12.8 Å². The first kappa shape index (κ1) is 19.0. The Kier molecular flexibility index (Phi) is 15.3. The Hall–Kier alpha value is -0.990. The van der Waals surface area contributed by atoms with Crippen molar-refractivity contribution in [2.45, 2.75) is 90.4 Å². The van der Waals surface area contributed by atoms with Crippen LogP contribution in [0.15, 0.2) is 12.3 Å². The van der Waals surface area contributed by atoms with Gasteiger partial charge in [-0.15, -0.1) is 0 Å². The zero-order valence-electron chi connectivity index (χ0n) is 13.3. The third-order valence-corrected chi connectivity index (χ3v) is 3.57. The monoisotopic (exact) mass is 282 g/mol. The Morgan fingerprint density at radius 1 is 0.850 bits per heavy atom. The zero-order valence-corrected chi connectivity index (χ0v) is 13.3. The highest BCUT2D eigenvalue weighted by Crippen LogP contribution is 2.12. The van der Waals surface area contributed by atoms with E-state index in [9.17, 15) is 4.79 Å². The number of unbranched alkanes of at least 4 members (excludes halogenated alkanes) is 12. The van der Waals surface area contributed by atoms with Crippen LogP contribution in [0.2, 0.25) is 0 Å². The zero-order chi connectivity index (χ0) is 14.9. The van der Waals surface area contributed by atoms with Gasteiger partial charge in [-0.25, -0.2) is 4.79 Å². The molecule has 0 aliphatic rings. The summed E-state index contributed by atoms with van der Waals surface area (Å²) in [6, 6.07) is -0.490. The number of allylic oxidation sites excluding steroid dienone is 1. The van der Waals surface area contributed by atoms with Crippen LogP contribution in [-0.4, -0.2) is 6.03 Å². The Morgan fingerprint density at radius 3 is 1.75 bits per heavy atom. The van der Waals surface area contributed by atoms with Crippen molar-refractivity contribution in [3.8, 4) is 0 Å². The SMILES string of the molecule is CCCCCCCCCCCCCCC=CNC(N)=O. The first-order valence-electron chi connectivity index (χ1n) is 8.48. The van der Waals surface area contributed by atoms with Crippen LogP contribution in [0.3, 0.4) is 0 Å². The second-order valence-corrected chi connectivity index (χ2v) is 5.59. The van der Waals surface area contributed by atoms with Crippen molar-refractivity contribution in [3.05, 3.63) is 12.3 Å². The summed E-state index contributed by atoms with van der Waals surface area (Å²) in [5, 5.41) is 2.45. The summed E-state index contributed by atoms with van der Waals surface area (Å²) in [6.45, 7) is 2.27. The molecule has 0 fully saturated rings. The molecule has 0 atom stereocenters. The number of amides is 2. The minimum atomic E-state index is -0.490. The number of primary amides is 1. The molecule has 0 aromatic heterocycles. The fraction of sp³-hybridized carbons (Fsp3) is 0.824. The lowest BCUT2D eigenvalue weighted by Gasteiger charge is -2.02. The van der Waals surface area contributed by atoms with Gasteiger partial charge >= 0.3 is 6.03 Å². The predicted molar refractivity (Wildman–Crippen MR) is 87.6 cm³/mol. The molecule has 0 aliphatic heterocycles. The van der Waals surface area contributed by atoms with Gasteiger partial charge in [0.1, 0.15) is 0 Å². The van der Waals surface area contributed by atoms with Gasteiger partial charge in [0.25, 0.3) is 0 Å². The average Bonchev–Trinajstić information content (AvgIpc) is 2.43. The topological polar surface area (TPSA) is 55.1 Å². The van der Waals surface area contributed by atoms with E-state index < -0.39 is 6.03 Å². The fourth-order valence-corrected chi connectivity index (χ4v) is 2.33. The Balaban J connectivity index is 3.02. The molecule has 3 nitrogen and oxygen atoms in total. The Bertz CT molecular complexity index is 239. The molecule has 0 saturated heterocycles. The van der Waals surface area contributed by atoms with E-state index in [-0.39, 0.29) is 0 Å². The van der Waals surface area contributed by atoms with Gasteiger partial charge in [-0.3, -0.25) is 0 Å². The fourth-order valence-electron chi connectivity index (χ4n) is 2.33. The Morgan fingerprint density at radius 2 is 1.30 bits per heavy atom. The summed E-state index contributed by atoms with van der Waals surface area (Å²) in [5.41, 5.74) is 4.95. The molecular formula is C17H34N2O. The van der Waals surface area contributed by atoms with Crippen molar-refractivity contribution >= 4 is 6.03 Å². The molecule has 0 bridgehead atoms. The van der Waals surface area contributed by atoms with E-state index in [1.807, 2.05) is 6.08 Å². The minimum Gasteiger partial charge on any atom is -0.351 e. The van der Waals surface area contributed by atoms with Gasteiger partial charge < -0.3 is 11.1 Å². The van der Waals surface area contributed by atoms with Crippen molar-refractivity contribution in [2.24, 2.45) is 5.73 Å². The highest BCUT2D eigenvalue weighted by Gasteiger charge is 1.93. The number of nitrogens with one attached hydrogen (secondary N) is 1. The van der Waals surface area contributed by atoms with E-state index in [0.29, 0.717) is 0 Å². The van der Waals surface area contributed by atoms with E-state index in [4.69, 9.17) is 5.73 Å². The molecule has 3 heteroatoms. The smallest absolute Gasteiger partial charge is 0.316 e. The number of nitrogens with two attached hydrogens (primary N) is 1. The first-order chi connectivity index (χ1) is 9.77. The van der Waals surface area contributed by atoms with Gasteiger partial charge in [-0.2, -0.15) is 0 Å². The maximum Gasteiger partial charge on any atom is 0.316 e. The van der Waals surface area contributed by atoms with Crippen LogP contribution in [0.25, 0.3) is 0 Å². The number of urea groups is 1. The second-order valence-electron chi connectivity index (χ2n) is 5.59. The van der Waals surface area contributed by atoms with Gasteiger partial charge in [0.05, 0.1) is 0 Å². The van der Waals surface area contributed by atoms with Gasteiger partial charge in [-0.1, -0.05) is 83.6 Å². The molecule has 0 radical (unpaired) electrons. The van der Waals surface area contributed by atoms with Crippen molar-refractivity contribution < 1.29 is 4.79 Å². The first-order valence-corrected chi connectivity index (χ1v) is 8.48. The molecule has 118 valence electrons. The van der Waals surface area contributed by atoms with Crippen molar-refractivity contribution in [1.29, 1.82) is 0 Å². The molecule has 0 aromatic rings. The number of carbonyl (C=O) groups excluding carboxylic acids is 1. The quantitative estimate of drug-likeness (QED) is 0.419. The summed E-state index contributed by atoms with van der Waals surface area (Å²) in [4.78, 5) is 10.4. The maximum atomic E-state index is 10.4. The minimum absolute atomic E-state index is 0.490. The predicted octanol–water partition coefficient (Wildman–Crippen LogP) is 5.26. The lowest BCUT2D eigenvalue weighted by atomic mass is 10.0. The molecule has 3 N–H and O–H groups in total. The van der Waals surface area contributed by atoms with Crippen LogP contribution in [0.5, 0.6) is 0 Å². The van der Waals surface area contributed by atoms with Crippen LogP contribution in [0.4, 0.5) is 4.79 Å². The molecule has 0 spiro atoms. The molecule has 2 amide bonds. The highest BCUT2D eigenvalue weighted by atomic mass is 16.2. The summed E-state index contributed by atoms with van der Waals surface area (Å²) in [5.74, 6) is 0. The summed E-state index contributed by atoms with van der Waals surface area (Å²) in [7, 11) is 0. The van der Waals surface area contributed by atoms with Crippen LogP contribution >= 0.6 is 0 Å². The summed E-state index contributed by atoms with van der Waals surface area (Å²) >= 11 is 0. The third kappa shape index (κ3) is 17.0. The Labute approximate surface area is 125 Å². The number of hydrogen-bond acceptors (Lipinski definition) is 1. The average molecular weight is 282 g/mol.